The minimum atomic E-state index is -0.101. The highest BCUT2D eigenvalue weighted by Crippen LogP contribution is 2.49. The fourth-order valence-electron chi connectivity index (χ4n) is 1.42. The molecule has 0 bridgehead atoms. The monoisotopic (exact) mass is 166 g/mol. The van der Waals surface area contributed by atoms with Gasteiger partial charge in [0.2, 0.25) is 0 Å². The molecule has 0 aliphatic rings. The molecule has 0 saturated heterocycles. The summed E-state index contributed by atoms with van der Waals surface area (Å²) in [6.07, 6.45) is 0. The van der Waals surface area contributed by atoms with E-state index in [-0.39, 0.29) is 10.7 Å². The van der Waals surface area contributed by atoms with E-state index in [0.29, 0.717) is 11.8 Å². The molecule has 0 saturated carbocycles. The summed E-state index contributed by atoms with van der Waals surface area (Å²) < 4.78 is 0. The van der Waals surface area contributed by atoms with Gasteiger partial charge in [0.15, 0.2) is 0 Å². The van der Waals surface area contributed by atoms with Crippen LogP contribution in [-0.2, 0) is 0 Å². The topological polar surface area (TPSA) is 0 Å². The van der Waals surface area contributed by atoms with Crippen LogP contribution in [0.15, 0.2) is 0 Å². The molecule has 0 aromatic rings. The van der Waals surface area contributed by atoms with Crippen LogP contribution >= 0.6 is 0 Å². The van der Waals surface area contributed by atoms with Gasteiger partial charge in [-0.05, 0) is 17.3 Å². The van der Waals surface area contributed by atoms with E-state index in [4.69, 9.17) is 7.85 Å². The summed E-state index contributed by atoms with van der Waals surface area (Å²) in [4.78, 5) is 0. The molecule has 1 atom stereocenters. The highest BCUT2D eigenvalue weighted by Gasteiger charge is 2.37. The van der Waals surface area contributed by atoms with Gasteiger partial charge in [-0.25, -0.2) is 0 Å². The van der Waals surface area contributed by atoms with Crippen molar-refractivity contribution in [2.24, 2.45) is 17.3 Å². The van der Waals surface area contributed by atoms with Crippen molar-refractivity contribution >= 4 is 7.85 Å². The smallest absolute Gasteiger partial charge is 0.0674 e. The molecule has 0 spiro atoms. The molecule has 0 aromatic heterocycles. The van der Waals surface area contributed by atoms with Crippen molar-refractivity contribution in [2.75, 3.05) is 0 Å². The van der Waals surface area contributed by atoms with Crippen LogP contribution in [0, 0.1) is 17.3 Å². The first-order valence-corrected chi connectivity index (χ1v) is 4.89. The summed E-state index contributed by atoms with van der Waals surface area (Å²) in [6, 6.07) is 0. The Morgan fingerprint density at radius 3 is 1.33 bits per heavy atom. The molecule has 0 aliphatic carbocycles. The number of rotatable bonds is 3. The summed E-state index contributed by atoms with van der Waals surface area (Å²) in [5.41, 5.74) is 0.196. The lowest BCUT2D eigenvalue weighted by Crippen LogP contribution is -2.35. The van der Waals surface area contributed by atoms with Crippen LogP contribution in [0.3, 0.4) is 0 Å². The van der Waals surface area contributed by atoms with Crippen LogP contribution in [0.1, 0.15) is 48.5 Å². The van der Waals surface area contributed by atoms with Gasteiger partial charge >= 0.3 is 0 Å². The summed E-state index contributed by atoms with van der Waals surface area (Å²) in [7, 11) is 6.15. The van der Waals surface area contributed by atoms with Gasteiger partial charge in [-0.1, -0.05) is 53.8 Å². The molecule has 0 N–H and O–H groups in total. The summed E-state index contributed by atoms with van der Waals surface area (Å²) >= 11 is 0. The third-order valence-electron chi connectivity index (χ3n) is 3.80. The Balaban J connectivity index is 4.61. The van der Waals surface area contributed by atoms with Crippen LogP contribution in [0.2, 0.25) is 5.31 Å². The number of hydrogen-bond donors (Lipinski definition) is 0. The van der Waals surface area contributed by atoms with Crippen molar-refractivity contribution in [1.29, 1.82) is 0 Å². The molecule has 0 nitrogen and oxygen atoms in total. The lowest BCUT2D eigenvalue weighted by Gasteiger charge is -2.46. The molecule has 0 fully saturated rings. The molecule has 1 unspecified atom stereocenters. The van der Waals surface area contributed by atoms with Crippen LogP contribution in [0.5, 0.6) is 0 Å². The van der Waals surface area contributed by atoms with Crippen molar-refractivity contribution in [1.82, 2.24) is 0 Å². The predicted octanol–water partition coefficient (Wildman–Crippen LogP) is 3.67. The second-order valence-electron chi connectivity index (χ2n) is 5.48. The second-order valence-corrected chi connectivity index (χ2v) is 5.48. The number of hydrogen-bond acceptors (Lipinski definition) is 0. The van der Waals surface area contributed by atoms with Gasteiger partial charge in [-0.15, -0.1) is 0 Å². The summed E-state index contributed by atoms with van der Waals surface area (Å²) in [5.74, 6) is 1.35. The maximum Gasteiger partial charge on any atom is 0.0746 e. The molecule has 70 valence electrons. The van der Waals surface area contributed by atoms with Gasteiger partial charge in [0.05, 0.1) is 7.85 Å². The average molecular weight is 166 g/mol. The fraction of sp³-hybridized carbons (Fsp3) is 1.00. The zero-order valence-corrected chi connectivity index (χ0v) is 9.73. The maximum absolute atomic E-state index is 6.15. The molecular formula is C11H23B. The van der Waals surface area contributed by atoms with Crippen molar-refractivity contribution in [2.45, 2.75) is 53.8 Å². The Morgan fingerprint density at radius 1 is 0.917 bits per heavy atom. The quantitative estimate of drug-likeness (QED) is 0.561. The highest BCUT2D eigenvalue weighted by molar-refractivity contribution is 6.15. The molecule has 2 radical (unpaired) electrons. The molecule has 0 aromatic carbocycles. The van der Waals surface area contributed by atoms with E-state index in [1.165, 1.54) is 0 Å². The molecule has 12 heavy (non-hydrogen) atoms. The average Bonchev–Trinajstić information content (AvgIpc) is 1.83. The lowest BCUT2D eigenvalue weighted by molar-refractivity contribution is 0.124. The van der Waals surface area contributed by atoms with Crippen LogP contribution < -0.4 is 0 Å². The largest absolute Gasteiger partial charge is 0.0746 e. The fourth-order valence-corrected chi connectivity index (χ4v) is 1.42. The lowest BCUT2D eigenvalue weighted by atomic mass is 9.50. The van der Waals surface area contributed by atoms with E-state index >= 15 is 0 Å². The van der Waals surface area contributed by atoms with E-state index in [9.17, 15) is 0 Å². The maximum atomic E-state index is 6.15. The van der Waals surface area contributed by atoms with Crippen molar-refractivity contribution in [3.8, 4) is 0 Å². The zero-order chi connectivity index (χ0) is 10.2. The van der Waals surface area contributed by atoms with Gasteiger partial charge in [0.1, 0.15) is 0 Å². The van der Waals surface area contributed by atoms with Crippen LogP contribution in [-0.4, -0.2) is 7.85 Å². The van der Waals surface area contributed by atoms with Gasteiger partial charge in [-0.2, -0.15) is 0 Å². The summed E-state index contributed by atoms with van der Waals surface area (Å²) in [6.45, 7) is 15.6. The van der Waals surface area contributed by atoms with E-state index in [2.05, 4.69) is 48.5 Å². The Bertz CT molecular complexity index is 140. The normalized spacial score (nSPS) is 16.7. The standard InChI is InChI=1S/C11H23B/c1-8(2)9(3)10(4,5)11(6,7)12/h8-9H,1-7H3. The third kappa shape index (κ3) is 2.28. The Kier molecular flexibility index (Phi) is 3.45. The van der Waals surface area contributed by atoms with E-state index in [1.807, 2.05) is 0 Å². The van der Waals surface area contributed by atoms with E-state index in [1.54, 1.807) is 0 Å². The summed E-state index contributed by atoms with van der Waals surface area (Å²) in [5, 5.41) is -0.101. The molecule has 0 heterocycles. The predicted molar refractivity (Wildman–Crippen MR) is 57.6 cm³/mol. The van der Waals surface area contributed by atoms with Crippen molar-refractivity contribution < 1.29 is 0 Å². The van der Waals surface area contributed by atoms with Crippen molar-refractivity contribution in [3.63, 3.8) is 0 Å². The first-order chi connectivity index (χ1) is 5.10. The van der Waals surface area contributed by atoms with Crippen LogP contribution in [0.25, 0.3) is 0 Å². The Labute approximate surface area is 79.5 Å². The van der Waals surface area contributed by atoms with Gasteiger partial charge in [0, 0.05) is 0 Å². The van der Waals surface area contributed by atoms with Crippen molar-refractivity contribution in [3.05, 3.63) is 0 Å². The molecule has 0 aliphatic heterocycles. The highest BCUT2D eigenvalue weighted by atomic mass is 14.4. The first-order valence-electron chi connectivity index (χ1n) is 4.89. The second kappa shape index (κ2) is 3.43. The van der Waals surface area contributed by atoms with Gasteiger partial charge < -0.3 is 0 Å². The minimum absolute atomic E-state index is 0.101. The van der Waals surface area contributed by atoms with E-state index in [0.717, 1.165) is 0 Å². The zero-order valence-electron chi connectivity index (χ0n) is 9.73. The van der Waals surface area contributed by atoms with Gasteiger partial charge in [0.25, 0.3) is 0 Å². The Morgan fingerprint density at radius 2 is 1.25 bits per heavy atom. The van der Waals surface area contributed by atoms with E-state index < -0.39 is 0 Å². The Hall–Kier alpha value is 0.0649. The van der Waals surface area contributed by atoms with Gasteiger partial charge in [-0.3, -0.25) is 0 Å². The molecule has 0 rings (SSSR count). The molecule has 1 heteroatoms. The SMILES string of the molecule is [B]C(C)(C)C(C)(C)C(C)C(C)C. The van der Waals surface area contributed by atoms with Crippen LogP contribution in [0.4, 0.5) is 0 Å². The molecular weight excluding hydrogens is 143 g/mol. The minimum Gasteiger partial charge on any atom is -0.0674 e. The third-order valence-corrected chi connectivity index (χ3v) is 3.80. The first kappa shape index (κ1) is 12.1. The molecule has 0 amide bonds.